The minimum absolute atomic E-state index is 0.103. The molecule has 0 aliphatic heterocycles. The summed E-state index contributed by atoms with van der Waals surface area (Å²) in [6.07, 6.45) is 41.8. The minimum atomic E-state index is -4.95. The van der Waals surface area contributed by atoms with Crippen LogP contribution >= 0.6 is 15.6 Å². The first-order valence-corrected chi connectivity index (χ1v) is 39.2. The van der Waals surface area contributed by atoms with Crippen molar-refractivity contribution in [2.75, 3.05) is 39.6 Å². The molecule has 0 aromatic rings. The highest BCUT2D eigenvalue weighted by Gasteiger charge is 2.30. The Balaban J connectivity index is 5.22. The fraction of sp³-hybridized carbons (Fsp3) is 0.943. The Morgan fingerprint density at radius 1 is 0.315 bits per heavy atom. The predicted octanol–water partition coefficient (Wildman–Crippen LogP) is 19.7. The number of carbonyl (C=O) groups is 4. The van der Waals surface area contributed by atoms with Crippen LogP contribution < -0.4 is 0 Å². The largest absolute Gasteiger partial charge is 0.472 e. The van der Waals surface area contributed by atoms with E-state index >= 15 is 0 Å². The zero-order valence-electron chi connectivity index (χ0n) is 58.1. The number of unbranched alkanes of at least 4 members (excludes halogenated alkanes) is 32. The molecule has 0 saturated heterocycles. The number of aliphatic hydroxyl groups is 1. The number of phosphoric ester groups is 2. The van der Waals surface area contributed by atoms with Crippen molar-refractivity contribution in [3.05, 3.63) is 0 Å². The number of phosphoric acid groups is 2. The van der Waals surface area contributed by atoms with E-state index in [0.29, 0.717) is 31.6 Å². The van der Waals surface area contributed by atoms with Crippen LogP contribution in [0.3, 0.4) is 0 Å². The molecule has 0 saturated carbocycles. The Morgan fingerprint density at radius 3 is 0.798 bits per heavy atom. The van der Waals surface area contributed by atoms with Crippen LogP contribution in [0.4, 0.5) is 0 Å². The Bertz CT molecular complexity index is 1770. The van der Waals surface area contributed by atoms with Crippen molar-refractivity contribution >= 4 is 39.5 Å². The molecule has 0 fully saturated rings. The average molecular weight is 1310 g/mol. The van der Waals surface area contributed by atoms with Crippen molar-refractivity contribution in [1.82, 2.24) is 0 Å². The van der Waals surface area contributed by atoms with Crippen LogP contribution in [0, 0.1) is 23.7 Å². The number of carbonyl (C=O) groups excluding carboxylic acids is 4. The van der Waals surface area contributed by atoms with E-state index in [1.54, 1.807) is 0 Å². The molecule has 0 bridgehead atoms. The molecule has 528 valence electrons. The molecular weight excluding hydrogens is 1170 g/mol. The number of aliphatic hydroxyl groups excluding tert-OH is 1. The molecular formula is C70H136O17P2. The molecule has 0 aromatic carbocycles. The van der Waals surface area contributed by atoms with Gasteiger partial charge in [0, 0.05) is 25.7 Å². The van der Waals surface area contributed by atoms with Gasteiger partial charge in [-0.1, -0.05) is 293 Å². The normalized spacial score (nSPS) is 14.6. The van der Waals surface area contributed by atoms with E-state index < -0.39 is 97.5 Å². The minimum Gasteiger partial charge on any atom is -0.462 e. The fourth-order valence-corrected chi connectivity index (χ4v) is 12.0. The number of hydrogen-bond donors (Lipinski definition) is 3. The van der Waals surface area contributed by atoms with Crippen LogP contribution in [-0.2, 0) is 65.4 Å². The quantitative estimate of drug-likeness (QED) is 0.0222. The molecule has 19 heteroatoms. The molecule has 0 aromatic heterocycles. The second kappa shape index (κ2) is 59.8. The maximum absolute atomic E-state index is 13.0. The summed E-state index contributed by atoms with van der Waals surface area (Å²) in [4.78, 5) is 72.5. The van der Waals surface area contributed by atoms with Gasteiger partial charge >= 0.3 is 39.5 Å². The molecule has 0 amide bonds. The van der Waals surface area contributed by atoms with E-state index in [2.05, 4.69) is 55.4 Å². The van der Waals surface area contributed by atoms with Crippen LogP contribution in [0.1, 0.15) is 344 Å². The highest BCUT2D eigenvalue weighted by atomic mass is 31.2. The Kier molecular flexibility index (Phi) is 58.5. The van der Waals surface area contributed by atoms with Crippen molar-refractivity contribution in [3.8, 4) is 0 Å². The Labute approximate surface area is 543 Å². The lowest BCUT2D eigenvalue weighted by Crippen LogP contribution is -2.30. The highest BCUT2D eigenvalue weighted by Crippen LogP contribution is 2.45. The molecule has 0 rings (SSSR count). The van der Waals surface area contributed by atoms with E-state index in [4.69, 9.17) is 37.0 Å². The third kappa shape index (κ3) is 63.2. The van der Waals surface area contributed by atoms with Crippen LogP contribution in [-0.4, -0.2) is 96.7 Å². The summed E-state index contributed by atoms with van der Waals surface area (Å²) >= 11 is 0. The van der Waals surface area contributed by atoms with E-state index in [9.17, 15) is 43.2 Å². The summed E-state index contributed by atoms with van der Waals surface area (Å²) in [7, 11) is -9.90. The number of esters is 4. The molecule has 6 atom stereocenters. The van der Waals surface area contributed by atoms with Gasteiger partial charge in [0.15, 0.2) is 12.2 Å². The predicted molar refractivity (Wildman–Crippen MR) is 358 cm³/mol. The summed E-state index contributed by atoms with van der Waals surface area (Å²) in [6, 6.07) is 0. The summed E-state index contributed by atoms with van der Waals surface area (Å²) in [5, 5.41) is 10.6. The van der Waals surface area contributed by atoms with Gasteiger partial charge in [0.2, 0.25) is 0 Å². The van der Waals surface area contributed by atoms with Crippen molar-refractivity contribution in [1.29, 1.82) is 0 Å². The van der Waals surface area contributed by atoms with Crippen LogP contribution in [0.5, 0.6) is 0 Å². The van der Waals surface area contributed by atoms with Gasteiger partial charge in [0.05, 0.1) is 26.4 Å². The van der Waals surface area contributed by atoms with Gasteiger partial charge in [-0.15, -0.1) is 0 Å². The SMILES string of the molecule is CCC(C)CCCCCCCCCCC(=O)OC[C@H](COP(=O)(O)OC[C@@H](O)COP(=O)(O)OC[C@@H](COC(=O)CCCCCCCCC(C)C)OC(=O)CCCCCCCCCCCCCCCCC(C)C)OC(=O)CCCCCCCCCCC(C)C. The first-order valence-electron chi connectivity index (χ1n) is 36.2. The van der Waals surface area contributed by atoms with Gasteiger partial charge in [0.1, 0.15) is 19.3 Å². The van der Waals surface area contributed by atoms with Gasteiger partial charge in [-0.3, -0.25) is 37.3 Å². The maximum atomic E-state index is 13.0. The molecule has 0 spiro atoms. The average Bonchev–Trinajstić information content (AvgIpc) is 3.69. The second-order valence-electron chi connectivity index (χ2n) is 26.9. The highest BCUT2D eigenvalue weighted by molar-refractivity contribution is 7.47. The van der Waals surface area contributed by atoms with Crippen molar-refractivity contribution in [2.45, 2.75) is 363 Å². The van der Waals surface area contributed by atoms with Crippen LogP contribution in [0.25, 0.3) is 0 Å². The third-order valence-corrected chi connectivity index (χ3v) is 18.3. The Morgan fingerprint density at radius 2 is 0.539 bits per heavy atom. The van der Waals surface area contributed by atoms with Crippen LogP contribution in [0.15, 0.2) is 0 Å². The van der Waals surface area contributed by atoms with Crippen molar-refractivity contribution in [2.24, 2.45) is 23.7 Å². The molecule has 0 aliphatic rings. The third-order valence-electron chi connectivity index (χ3n) is 16.4. The van der Waals surface area contributed by atoms with Gasteiger partial charge in [0.25, 0.3) is 0 Å². The molecule has 17 nitrogen and oxygen atoms in total. The van der Waals surface area contributed by atoms with Gasteiger partial charge in [-0.25, -0.2) is 9.13 Å². The first-order chi connectivity index (χ1) is 42.6. The maximum Gasteiger partial charge on any atom is 0.472 e. The topological polar surface area (TPSA) is 237 Å². The zero-order chi connectivity index (χ0) is 66.1. The number of ether oxygens (including phenoxy) is 4. The summed E-state index contributed by atoms with van der Waals surface area (Å²) in [5.41, 5.74) is 0. The Hall–Kier alpha value is -1.94. The van der Waals surface area contributed by atoms with E-state index in [0.717, 1.165) is 114 Å². The van der Waals surface area contributed by atoms with Crippen LogP contribution in [0.2, 0.25) is 0 Å². The smallest absolute Gasteiger partial charge is 0.462 e. The van der Waals surface area contributed by atoms with Gasteiger partial charge < -0.3 is 33.8 Å². The molecule has 89 heavy (non-hydrogen) atoms. The molecule has 0 aliphatic carbocycles. The molecule has 0 heterocycles. The zero-order valence-corrected chi connectivity index (χ0v) is 59.8. The van der Waals surface area contributed by atoms with Crippen molar-refractivity contribution < 1.29 is 80.2 Å². The summed E-state index contributed by atoms with van der Waals surface area (Å²) in [6.45, 7) is 14.0. The number of rotatable bonds is 67. The summed E-state index contributed by atoms with van der Waals surface area (Å²) in [5.74, 6) is 0.838. The lowest BCUT2D eigenvalue weighted by Gasteiger charge is -2.21. The van der Waals surface area contributed by atoms with E-state index in [1.807, 2.05) is 0 Å². The molecule has 3 N–H and O–H groups in total. The van der Waals surface area contributed by atoms with E-state index in [1.165, 1.54) is 141 Å². The van der Waals surface area contributed by atoms with E-state index in [-0.39, 0.29) is 25.7 Å². The van der Waals surface area contributed by atoms with Gasteiger partial charge in [-0.2, -0.15) is 0 Å². The van der Waals surface area contributed by atoms with Gasteiger partial charge in [-0.05, 0) is 49.4 Å². The fourth-order valence-electron chi connectivity index (χ4n) is 10.5. The standard InChI is InChI=1S/C70H136O17P2/c1-9-63(8)49-41-33-24-19-21-25-34-42-50-67(72)80-56-65(87-70(75)53-45-37-27-20-18-23-31-39-47-61(4)5)58-84-88(76,77)82-54-64(71)55-83-89(78,79)85-59-66(57-81-68(73)51-43-35-29-28-32-40-48-62(6)7)86-69(74)52-44-36-26-17-15-13-11-10-12-14-16-22-30-38-46-60(2)3/h60-66,71H,9-59H2,1-8H3,(H,76,77)(H,78,79)/t63?,64-,65-,66-/m1/s1. The number of hydrogen-bond acceptors (Lipinski definition) is 15. The lowest BCUT2D eigenvalue weighted by molar-refractivity contribution is -0.161. The lowest BCUT2D eigenvalue weighted by atomic mass is 9.99. The monoisotopic (exact) mass is 1310 g/mol. The molecule has 3 unspecified atom stereocenters. The second-order valence-corrected chi connectivity index (χ2v) is 29.8. The first kappa shape index (κ1) is 87.1. The summed E-state index contributed by atoms with van der Waals surface area (Å²) < 4.78 is 68.2. The van der Waals surface area contributed by atoms with Crippen molar-refractivity contribution in [3.63, 3.8) is 0 Å². The molecule has 0 radical (unpaired) electrons.